The summed E-state index contributed by atoms with van der Waals surface area (Å²) >= 11 is 6.94. The largest absolute Gasteiger partial charge is 0.465 e. The SMILES string of the molecule is COC(=O)c1c(-n2c(C)cc(/C=C3\C(=O)NC(=S)N(c4ccc(C)cc4)C3=O)c2C)sc2c1CCCC2. The van der Waals surface area contributed by atoms with Crippen LogP contribution in [0.1, 0.15) is 56.2 Å². The molecule has 2 aromatic heterocycles. The number of carbonyl (C=O) groups excluding carboxylic acids is 3. The first kappa shape index (κ1) is 25.1. The standard InChI is InChI=1S/C28H27N3O4S2/c1-15-9-11-19(12-10-15)31-25(33)21(24(32)29-28(31)36)14-18-13-16(2)30(17(18)3)26-23(27(34)35-4)20-7-5-6-8-22(20)37-26/h9-14H,5-8H2,1-4H3,(H,29,32,36)/b21-14+. The first-order chi connectivity index (χ1) is 17.7. The van der Waals surface area contributed by atoms with E-state index in [1.54, 1.807) is 29.5 Å². The molecule has 37 heavy (non-hydrogen) atoms. The number of amides is 2. The van der Waals surface area contributed by atoms with Crippen molar-refractivity contribution in [3.05, 3.63) is 74.4 Å². The molecule has 190 valence electrons. The Morgan fingerprint density at radius 1 is 1.11 bits per heavy atom. The molecule has 1 aromatic carbocycles. The molecule has 5 rings (SSSR count). The van der Waals surface area contributed by atoms with Crippen molar-refractivity contribution in [3.8, 4) is 5.00 Å². The van der Waals surface area contributed by atoms with Gasteiger partial charge in [-0.2, -0.15) is 0 Å². The van der Waals surface area contributed by atoms with Gasteiger partial charge < -0.3 is 9.30 Å². The van der Waals surface area contributed by atoms with Crippen LogP contribution in [0.3, 0.4) is 0 Å². The van der Waals surface area contributed by atoms with Crippen LogP contribution in [0.15, 0.2) is 35.9 Å². The van der Waals surface area contributed by atoms with Gasteiger partial charge in [0.05, 0.1) is 18.4 Å². The second-order valence-corrected chi connectivity index (χ2v) is 10.8. The second kappa shape index (κ2) is 9.72. The molecule has 7 nitrogen and oxygen atoms in total. The fourth-order valence-electron chi connectivity index (χ4n) is 5.01. The number of thiocarbonyl (C=S) groups is 1. The minimum Gasteiger partial charge on any atom is -0.465 e. The van der Waals surface area contributed by atoms with Crippen LogP contribution in [0.4, 0.5) is 5.69 Å². The number of carbonyl (C=O) groups is 3. The molecule has 3 heterocycles. The average molecular weight is 534 g/mol. The molecule has 2 amide bonds. The number of hydrogen-bond donors (Lipinski definition) is 1. The molecule has 0 unspecified atom stereocenters. The van der Waals surface area contributed by atoms with Gasteiger partial charge in [-0.25, -0.2) is 4.79 Å². The van der Waals surface area contributed by atoms with Crippen molar-refractivity contribution in [2.75, 3.05) is 12.0 Å². The maximum atomic E-state index is 13.5. The van der Waals surface area contributed by atoms with E-state index < -0.39 is 11.8 Å². The molecule has 1 fully saturated rings. The van der Waals surface area contributed by atoms with E-state index in [9.17, 15) is 14.4 Å². The molecule has 0 bridgehead atoms. The highest BCUT2D eigenvalue weighted by atomic mass is 32.1. The molecular weight excluding hydrogens is 506 g/mol. The number of nitrogens with zero attached hydrogens (tertiary/aromatic N) is 2. The number of hydrogen-bond acceptors (Lipinski definition) is 6. The van der Waals surface area contributed by atoms with Crippen LogP contribution in [0.2, 0.25) is 0 Å². The van der Waals surface area contributed by atoms with E-state index in [2.05, 4.69) is 5.32 Å². The molecular formula is C28H27N3O4S2. The highest BCUT2D eigenvalue weighted by Gasteiger charge is 2.35. The highest BCUT2D eigenvalue weighted by Crippen LogP contribution is 2.39. The van der Waals surface area contributed by atoms with Gasteiger partial charge in [-0.05, 0) is 94.1 Å². The van der Waals surface area contributed by atoms with Crippen LogP contribution in [-0.4, -0.2) is 34.6 Å². The van der Waals surface area contributed by atoms with Crippen LogP contribution in [0.25, 0.3) is 11.1 Å². The van der Waals surface area contributed by atoms with Crippen LogP contribution in [0, 0.1) is 20.8 Å². The van der Waals surface area contributed by atoms with Crippen LogP contribution < -0.4 is 10.2 Å². The summed E-state index contributed by atoms with van der Waals surface area (Å²) in [6.45, 7) is 5.83. The van der Waals surface area contributed by atoms with Gasteiger partial charge in [0.2, 0.25) is 0 Å². The Hall–Kier alpha value is -3.56. The lowest BCUT2D eigenvalue weighted by atomic mass is 9.95. The van der Waals surface area contributed by atoms with E-state index in [4.69, 9.17) is 17.0 Å². The topological polar surface area (TPSA) is 80.6 Å². The Kier molecular flexibility index (Phi) is 6.59. The number of aromatic nitrogens is 1. The summed E-state index contributed by atoms with van der Waals surface area (Å²) in [5.41, 5.74) is 5.76. The number of benzene rings is 1. The zero-order valence-electron chi connectivity index (χ0n) is 21.1. The van der Waals surface area contributed by atoms with Gasteiger partial charge in [0.1, 0.15) is 10.6 Å². The van der Waals surface area contributed by atoms with Crippen molar-refractivity contribution in [1.82, 2.24) is 9.88 Å². The second-order valence-electron chi connectivity index (χ2n) is 9.34. The Labute approximate surface area is 224 Å². The lowest BCUT2D eigenvalue weighted by Gasteiger charge is -2.29. The number of nitrogens with one attached hydrogen (secondary N) is 1. The van der Waals surface area contributed by atoms with Crippen LogP contribution in [0.5, 0.6) is 0 Å². The number of ether oxygens (including phenoxy) is 1. The summed E-state index contributed by atoms with van der Waals surface area (Å²) in [7, 11) is 1.40. The summed E-state index contributed by atoms with van der Waals surface area (Å²) in [5.74, 6) is -1.36. The Morgan fingerprint density at radius 3 is 2.51 bits per heavy atom. The zero-order chi connectivity index (χ0) is 26.4. The molecule has 9 heteroatoms. The number of methoxy groups -OCH3 is 1. The van der Waals surface area contributed by atoms with Crippen molar-refractivity contribution in [2.45, 2.75) is 46.5 Å². The predicted molar refractivity (Wildman–Crippen MR) is 148 cm³/mol. The maximum absolute atomic E-state index is 13.5. The van der Waals surface area contributed by atoms with Crippen LogP contribution in [-0.2, 0) is 27.2 Å². The molecule has 0 spiro atoms. The summed E-state index contributed by atoms with van der Waals surface area (Å²) in [6, 6.07) is 9.29. The number of aryl methyl sites for hydroxylation is 3. The van der Waals surface area contributed by atoms with Gasteiger partial charge in [-0.1, -0.05) is 17.7 Å². The van der Waals surface area contributed by atoms with Crippen LogP contribution >= 0.6 is 23.6 Å². The molecule has 1 aliphatic carbocycles. The van der Waals surface area contributed by atoms with Crippen molar-refractivity contribution >= 4 is 58.2 Å². The molecule has 1 N–H and O–H groups in total. The van der Waals surface area contributed by atoms with Gasteiger partial charge in [0.15, 0.2) is 5.11 Å². The summed E-state index contributed by atoms with van der Waals surface area (Å²) < 4.78 is 7.18. The normalized spacial score (nSPS) is 16.7. The van der Waals surface area contributed by atoms with E-state index in [1.165, 1.54) is 16.9 Å². The first-order valence-corrected chi connectivity index (χ1v) is 13.3. The number of esters is 1. The summed E-state index contributed by atoms with van der Waals surface area (Å²) in [6.07, 6.45) is 5.56. The van der Waals surface area contributed by atoms with E-state index >= 15 is 0 Å². The molecule has 0 saturated carbocycles. The van der Waals surface area contributed by atoms with E-state index in [0.717, 1.165) is 58.8 Å². The molecule has 1 aliphatic heterocycles. The fourth-order valence-corrected chi connectivity index (χ4v) is 6.78. The quantitative estimate of drug-likeness (QED) is 0.222. The van der Waals surface area contributed by atoms with E-state index in [1.807, 2.05) is 43.5 Å². The smallest absolute Gasteiger partial charge is 0.341 e. The zero-order valence-corrected chi connectivity index (χ0v) is 22.8. The average Bonchev–Trinajstić information content (AvgIpc) is 3.38. The van der Waals surface area contributed by atoms with Gasteiger partial charge in [0.25, 0.3) is 11.8 Å². The maximum Gasteiger partial charge on any atom is 0.341 e. The highest BCUT2D eigenvalue weighted by molar-refractivity contribution is 7.80. The lowest BCUT2D eigenvalue weighted by molar-refractivity contribution is -0.122. The molecule has 1 saturated heterocycles. The third-order valence-corrected chi connectivity index (χ3v) is 8.47. The van der Waals surface area contributed by atoms with Crippen molar-refractivity contribution in [3.63, 3.8) is 0 Å². The van der Waals surface area contributed by atoms with Gasteiger partial charge >= 0.3 is 5.97 Å². The number of rotatable bonds is 4. The summed E-state index contributed by atoms with van der Waals surface area (Å²) in [5, 5.41) is 3.51. The Morgan fingerprint density at radius 2 is 1.81 bits per heavy atom. The number of fused-ring (bicyclic) bond motifs is 1. The van der Waals surface area contributed by atoms with Crippen molar-refractivity contribution in [1.29, 1.82) is 0 Å². The van der Waals surface area contributed by atoms with E-state index in [0.29, 0.717) is 11.3 Å². The molecule has 2 aliphatic rings. The minimum absolute atomic E-state index is 0.00640. The molecule has 3 aromatic rings. The van der Waals surface area contributed by atoms with Crippen molar-refractivity contribution in [2.24, 2.45) is 0 Å². The first-order valence-electron chi connectivity index (χ1n) is 12.1. The van der Waals surface area contributed by atoms with Gasteiger partial charge in [-0.15, -0.1) is 11.3 Å². The molecule has 0 atom stereocenters. The van der Waals surface area contributed by atoms with Crippen molar-refractivity contribution < 1.29 is 19.1 Å². The monoisotopic (exact) mass is 533 g/mol. The van der Waals surface area contributed by atoms with E-state index in [-0.39, 0.29) is 16.7 Å². The number of anilines is 1. The lowest BCUT2D eigenvalue weighted by Crippen LogP contribution is -2.54. The Balaban J connectivity index is 1.59. The molecule has 0 radical (unpaired) electrons. The third kappa shape index (κ3) is 4.32. The minimum atomic E-state index is -0.537. The van der Waals surface area contributed by atoms with Gasteiger partial charge in [-0.3, -0.25) is 19.8 Å². The van der Waals surface area contributed by atoms with Gasteiger partial charge in [0, 0.05) is 16.3 Å². The third-order valence-electron chi connectivity index (χ3n) is 6.91. The number of thiophene rings is 1. The Bertz CT molecular complexity index is 1490. The summed E-state index contributed by atoms with van der Waals surface area (Å²) in [4.78, 5) is 41.7. The predicted octanol–water partition coefficient (Wildman–Crippen LogP) is 4.96. The fraction of sp³-hybridized carbons (Fsp3) is 0.286.